The number of ether oxygens (including phenoxy) is 6. The van der Waals surface area contributed by atoms with E-state index in [9.17, 15) is 19.2 Å². The number of methoxy groups -OCH3 is 1. The van der Waals surface area contributed by atoms with E-state index in [-0.39, 0.29) is 6.61 Å². The van der Waals surface area contributed by atoms with Gasteiger partial charge in [-0.3, -0.25) is 24.2 Å². The van der Waals surface area contributed by atoms with Crippen LogP contribution in [0.1, 0.15) is 33.3 Å². The van der Waals surface area contributed by atoms with E-state index in [1.54, 1.807) is 24.3 Å². The first-order valence-corrected chi connectivity index (χ1v) is 10.1. The minimum atomic E-state index is -1.31. The van der Waals surface area contributed by atoms with Crippen LogP contribution in [0, 0.1) is 0 Å². The highest BCUT2D eigenvalue weighted by atomic mass is 16.7. The third-order valence-electron chi connectivity index (χ3n) is 4.46. The second kappa shape index (κ2) is 12.0. The fourth-order valence-corrected chi connectivity index (χ4v) is 3.17. The number of carbonyl (C=O) groups excluding carboxylic acids is 4. The lowest BCUT2D eigenvalue weighted by Gasteiger charge is -2.42. The van der Waals surface area contributed by atoms with E-state index >= 15 is 0 Å². The molecule has 1 fully saturated rings. The summed E-state index contributed by atoms with van der Waals surface area (Å²) in [5.74, 6) is -2.00. The highest BCUT2D eigenvalue weighted by Crippen LogP contribution is 2.30. The second-order valence-corrected chi connectivity index (χ2v) is 7.14. The summed E-state index contributed by atoms with van der Waals surface area (Å²) >= 11 is 0. The van der Waals surface area contributed by atoms with E-state index in [0.717, 1.165) is 0 Å². The molecular weight excluding hydrogens is 438 g/mol. The van der Waals surface area contributed by atoms with Gasteiger partial charge in [-0.1, -0.05) is 0 Å². The Hall–Kier alpha value is -3.47. The quantitative estimate of drug-likeness (QED) is 0.313. The van der Waals surface area contributed by atoms with Gasteiger partial charge >= 0.3 is 23.9 Å². The number of aliphatic imine (C=N–C) groups is 1. The number of carbonyl (C=O) groups is 4. The zero-order chi connectivity index (χ0) is 24.5. The number of hydrogen-bond donors (Lipinski definition) is 0. The van der Waals surface area contributed by atoms with E-state index in [1.165, 1.54) is 41.0 Å². The van der Waals surface area contributed by atoms with Gasteiger partial charge in [-0.15, -0.1) is 0 Å². The van der Waals surface area contributed by atoms with Gasteiger partial charge in [0.2, 0.25) is 6.29 Å². The topological polar surface area (TPSA) is 136 Å². The minimum absolute atomic E-state index is 0.336. The molecule has 1 aliphatic rings. The number of benzene rings is 1. The fourth-order valence-electron chi connectivity index (χ4n) is 3.17. The maximum Gasteiger partial charge on any atom is 0.305 e. The molecule has 180 valence electrons. The second-order valence-electron chi connectivity index (χ2n) is 7.14. The van der Waals surface area contributed by atoms with Crippen molar-refractivity contribution in [3.8, 4) is 5.75 Å². The first-order chi connectivity index (χ1) is 15.6. The third kappa shape index (κ3) is 7.86. The van der Waals surface area contributed by atoms with Gasteiger partial charge in [0.05, 0.1) is 7.11 Å². The molecule has 1 aromatic rings. The Bertz CT molecular complexity index is 882. The largest absolute Gasteiger partial charge is 0.497 e. The smallest absolute Gasteiger partial charge is 0.305 e. The van der Waals surface area contributed by atoms with Gasteiger partial charge in [-0.2, -0.15) is 0 Å². The lowest BCUT2D eigenvalue weighted by atomic mass is 9.96. The maximum atomic E-state index is 11.9. The van der Waals surface area contributed by atoms with Crippen molar-refractivity contribution < 1.29 is 47.6 Å². The van der Waals surface area contributed by atoms with Crippen LogP contribution in [0.25, 0.3) is 0 Å². The summed E-state index contributed by atoms with van der Waals surface area (Å²) in [6, 6.07) is 5.84. The Morgan fingerprint density at radius 3 is 1.97 bits per heavy atom. The molecule has 0 spiro atoms. The van der Waals surface area contributed by atoms with Crippen LogP contribution in [0.3, 0.4) is 0 Å². The van der Waals surface area contributed by atoms with Gasteiger partial charge in [-0.05, 0) is 29.8 Å². The SMILES string of the molecule is COc1ccc(C=N[C@H]2C(OC(C)=O)O[C@H](COC(C)=O)[C@H](OC(C)=O)[C@@H]2OC(C)=O)cc1. The van der Waals surface area contributed by atoms with Crippen LogP contribution in [0.5, 0.6) is 5.75 Å². The zero-order valence-corrected chi connectivity index (χ0v) is 19.0. The Labute approximate surface area is 190 Å². The molecule has 33 heavy (non-hydrogen) atoms. The maximum absolute atomic E-state index is 11.9. The highest BCUT2D eigenvalue weighted by Gasteiger charge is 2.51. The molecule has 2 rings (SSSR count). The van der Waals surface area contributed by atoms with Crippen LogP contribution < -0.4 is 4.74 Å². The van der Waals surface area contributed by atoms with Crippen LogP contribution in [-0.4, -0.2) is 74.5 Å². The van der Waals surface area contributed by atoms with Crippen molar-refractivity contribution in [2.24, 2.45) is 4.99 Å². The predicted octanol–water partition coefficient (Wildman–Crippen LogP) is 1.20. The Morgan fingerprint density at radius 1 is 0.879 bits per heavy atom. The molecule has 0 aromatic heterocycles. The van der Waals surface area contributed by atoms with Gasteiger partial charge in [-0.25, -0.2) is 0 Å². The molecule has 0 N–H and O–H groups in total. The van der Waals surface area contributed by atoms with Gasteiger partial charge in [0.1, 0.15) is 18.5 Å². The summed E-state index contributed by atoms with van der Waals surface area (Å²) in [5, 5.41) is 0. The highest BCUT2D eigenvalue weighted by molar-refractivity contribution is 5.80. The molecule has 0 bridgehead atoms. The molecule has 1 heterocycles. The van der Waals surface area contributed by atoms with Crippen LogP contribution >= 0.6 is 0 Å². The average molecular weight is 465 g/mol. The standard InChI is InChI=1S/C22H27NO10/c1-12(24)29-11-18-20(30-13(2)25)21(31-14(3)26)19(22(33-18)32-15(4)27)23-10-16-6-8-17(28-5)9-7-16/h6-10,18-22H,11H2,1-5H3/t18-,19-,20+,21-,22?/m1/s1. The Kier molecular flexibility index (Phi) is 9.34. The first-order valence-electron chi connectivity index (χ1n) is 10.1. The van der Waals surface area contributed by atoms with Crippen LogP contribution in [-0.2, 0) is 42.9 Å². The van der Waals surface area contributed by atoms with Crippen LogP contribution in [0.15, 0.2) is 29.3 Å². The molecule has 1 saturated heterocycles. The molecule has 1 aromatic carbocycles. The van der Waals surface area contributed by atoms with Gasteiger partial charge in [0.25, 0.3) is 0 Å². The number of esters is 4. The average Bonchev–Trinajstić information content (AvgIpc) is 2.73. The molecular formula is C22H27NO10. The van der Waals surface area contributed by atoms with E-state index in [1.807, 2.05) is 0 Å². The minimum Gasteiger partial charge on any atom is -0.497 e. The molecule has 11 nitrogen and oxygen atoms in total. The summed E-state index contributed by atoms with van der Waals surface area (Å²) < 4.78 is 32.0. The summed E-state index contributed by atoms with van der Waals surface area (Å²) in [7, 11) is 1.54. The lowest BCUT2D eigenvalue weighted by Crippen LogP contribution is -2.61. The Morgan fingerprint density at radius 2 is 1.45 bits per heavy atom. The fraction of sp³-hybridized carbons (Fsp3) is 0.500. The van der Waals surface area contributed by atoms with Crippen LogP contribution in [0.2, 0.25) is 0 Å². The molecule has 1 aliphatic heterocycles. The molecule has 0 radical (unpaired) electrons. The summed E-state index contributed by atoms with van der Waals surface area (Å²) in [5.41, 5.74) is 0.671. The van der Waals surface area contributed by atoms with Gasteiger partial charge in [0.15, 0.2) is 18.2 Å². The summed E-state index contributed by atoms with van der Waals surface area (Å²) in [6.07, 6.45) is -3.31. The Balaban J connectivity index is 2.45. The molecule has 0 amide bonds. The molecule has 5 atom stereocenters. The van der Waals surface area contributed by atoms with Crippen LogP contribution in [0.4, 0.5) is 0 Å². The van der Waals surface area contributed by atoms with Crippen molar-refractivity contribution in [2.75, 3.05) is 13.7 Å². The van der Waals surface area contributed by atoms with Crippen molar-refractivity contribution in [1.29, 1.82) is 0 Å². The lowest BCUT2D eigenvalue weighted by molar-refractivity contribution is -0.266. The van der Waals surface area contributed by atoms with Crippen molar-refractivity contribution >= 4 is 30.1 Å². The summed E-state index contributed by atoms with van der Waals surface area (Å²) in [4.78, 5) is 51.1. The van der Waals surface area contributed by atoms with Gasteiger partial charge in [0, 0.05) is 33.9 Å². The van der Waals surface area contributed by atoms with E-state index in [0.29, 0.717) is 11.3 Å². The van der Waals surface area contributed by atoms with Gasteiger partial charge < -0.3 is 28.4 Å². The first kappa shape index (κ1) is 25.8. The predicted molar refractivity (Wildman–Crippen MR) is 113 cm³/mol. The monoisotopic (exact) mass is 465 g/mol. The molecule has 1 unspecified atom stereocenters. The van der Waals surface area contributed by atoms with Crippen molar-refractivity contribution in [3.63, 3.8) is 0 Å². The van der Waals surface area contributed by atoms with Crippen molar-refractivity contribution in [2.45, 2.75) is 58.3 Å². The summed E-state index contributed by atoms with van der Waals surface area (Å²) in [6.45, 7) is 4.37. The van der Waals surface area contributed by atoms with E-state index < -0.39 is 54.5 Å². The molecule has 0 aliphatic carbocycles. The van der Waals surface area contributed by atoms with E-state index in [4.69, 9.17) is 28.4 Å². The number of hydrogen-bond acceptors (Lipinski definition) is 11. The third-order valence-corrected chi connectivity index (χ3v) is 4.46. The molecule has 0 saturated carbocycles. The number of nitrogens with zero attached hydrogens (tertiary/aromatic N) is 1. The van der Waals surface area contributed by atoms with E-state index in [2.05, 4.69) is 4.99 Å². The van der Waals surface area contributed by atoms with Crippen molar-refractivity contribution in [3.05, 3.63) is 29.8 Å². The normalized spacial score (nSPS) is 24.6. The zero-order valence-electron chi connectivity index (χ0n) is 19.0. The molecule has 11 heteroatoms. The number of rotatable bonds is 8. The van der Waals surface area contributed by atoms with Crippen molar-refractivity contribution in [1.82, 2.24) is 0 Å².